The first-order chi connectivity index (χ1) is 11.7. The van der Waals surface area contributed by atoms with Gasteiger partial charge in [-0.25, -0.2) is 4.79 Å². The molecule has 0 fully saturated rings. The number of H-pyrrole nitrogens is 1. The Hall–Kier alpha value is -3.34. The molecule has 0 spiro atoms. The van der Waals surface area contributed by atoms with E-state index in [1.165, 1.54) is 0 Å². The molecule has 118 valence electrons. The van der Waals surface area contributed by atoms with Gasteiger partial charge in [-0.1, -0.05) is 54.6 Å². The van der Waals surface area contributed by atoms with Gasteiger partial charge in [0.2, 0.25) is 0 Å². The molecule has 4 aromatic rings. The zero-order chi connectivity index (χ0) is 16.5. The highest BCUT2D eigenvalue weighted by atomic mass is 16.5. The van der Waals surface area contributed by atoms with Crippen molar-refractivity contribution in [1.29, 1.82) is 0 Å². The van der Waals surface area contributed by atoms with Crippen LogP contribution < -0.4 is 4.74 Å². The second kappa shape index (κ2) is 5.70. The summed E-state index contributed by atoms with van der Waals surface area (Å²) in [6.45, 7) is 0.391. The number of carboxylic acids is 1. The number of hydrogen-bond acceptors (Lipinski definition) is 3. The Balaban J connectivity index is 1.69. The molecule has 0 amide bonds. The molecule has 5 nitrogen and oxygen atoms in total. The van der Waals surface area contributed by atoms with Crippen molar-refractivity contribution in [3.63, 3.8) is 0 Å². The van der Waals surface area contributed by atoms with Crippen LogP contribution >= 0.6 is 0 Å². The standard InChI is InChI=1S/C19H14N2O3/c22-19(23)18-15-9-4-10-16(17(15)20-21-18)24-11-13-7-3-6-12-5-1-2-8-14(12)13/h1-10H,11H2,(H,20,21)(H,22,23). The number of nitrogens with one attached hydrogen (secondary N) is 1. The smallest absolute Gasteiger partial charge is 0.357 e. The van der Waals surface area contributed by atoms with Crippen molar-refractivity contribution in [2.75, 3.05) is 0 Å². The Bertz CT molecular complexity index is 1050. The average Bonchev–Trinajstić information content (AvgIpc) is 3.05. The van der Waals surface area contributed by atoms with Crippen molar-refractivity contribution >= 4 is 27.6 Å². The van der Waals surface area contributed by atoms with Crippen LogP contribution in [0.4, 0.5) is 0 Å². The zero-order valence-corrected chi connectivity index (χ0v) is 12.7. The number of aromatic nitrogens is 2. The van der Waals surface area contributed by atoms with Crippen LogP contribution in [-0.2, 0) is 6.61 Å². The van der Waals surface area contributed by atoms with E-state index in [1.54, 1.807) is 18.2 Å². The van der Waals surface area contributed by atoms with Gasteiger partial charge in [-0.15, -0.1) is 0 Å². The predicted octanol–water partition coefficient (Wildman–Crippen LogP) is 3.99. The molecule has 0 aliphatic rings. The maximum atomic E-state index is 11.2. The fourth-order valence-electron chi connectivity index (χ4n) is 2.87. The summed E-state index contributed by atoms with van der Waals surface area (Å²) in [5.74, 6) is -0.479. The van der Waals surface area contributed by atoms with Crippen molar-refractivity contribution in [1.82, 2.24) is 10.2 Å². The molecule has 0 bridgehead atoms. The summed E-state index contributed by atoms with van der Waals surface area (Å²) in [5, 5.41) is 18.6. The molecule has 0 atom stereocenters. The normalized spacial score (nSPS) is 11.0. The van der Waals surface area contributed by atoms with E-state index >= 15 is 0 Å². The molecule has 0 unspecified atom stereocenters. The minimum Gasteiger partial charge on any atom is -0.487 e. The summed E-state index contributed by atoms with van der Waals surface area (Å²) in [6, 6.07) is 19.5. The maximum absolute atomic E-state index is 11.2. The van der Waals surface area contributed by atoms with E-state index in [9.17, 15) is 4.79 Å². The summed E-state index contributed by atoms with van der Waals surface area (Å²) in [6.07, 6.45) is 0. The lowest BCUT2D eigenvalue weighted by Crippen LogP contribution is -1.98. The highest BCUT2D eigenvalue weighted by Gasteiger charge is 2.15. The van der Waals surface area contributed by atoms with Gasteiger partial charge in [0.25, 0.3) is 0 Å². The summed E-state index contributed by atoms with van der Waals surface area (Å²) >= 11 is 0. The molecule has 0 saturated carbocycles. The summed E-state index contributed by atoms with van der Waals surface area (Å²) in [7, 11) is 0. The fraction of sp³-hybridized carbons (Fsp3) is 0.0526. The van der Waals surface area contributed by atoms with E-state index in [0.717, 1.165) is 16.3 Å². The van der Waals surface area contributed by atoms with Crippen LogP contribution in [0.3, 0.4) is 0 Å². The number of benzene rings is 3. The van der Waals surface area contributed by atoms with Gasteiger partial charge in [0.1, 0.15) is 17.9 Å². The number of carboxylic acid groups (broad SMARTS) is 1. The van der Waals surface area contributed by atoms with Gasteiger partial charge in [0, 0.05) is 5.39 Å². The molecule has 2 N–H and O–H groups in total. The molecule has 0 aliphatic heterocycles. The van der Waals surface area contributed by atoms with Gasteiger partial charge in [-0.2, -0.15) is 5.10 Å². The van der Waals surface area contributed by atoms with Gasteiger partial charge >= 0.3 is 5.97 Å². The third-order valence-electron chi connectivity index (χ3n) is 4.03. The number of nitrogens with zero attached hydrogens (tertiary/aromatic N) is 1. The second-order valence-electron chi connectivity index (χ2n) is 5.48. The fourth-order valence-corrected chi connectivity index (χ4v) is 2.87. The van der Waals surface area contributed by atoms with Crippen LogP contribution in [0.1, 0.15) is 16.1 Å². The number of rotatable bonds is 4. The van der Waals surface area contributed by atoms with Crippen molar-refractivity contribution in [2.24, 2.45) is 0 Å². The predicted molar refractivity (Wildman–Crippen MR) is 91.3 cm³/mol. The van der Waals surface area contributed by atoms with E-state index in [-0.39, 0.29) is 5.69 Å². The molecule has 3 aromatic carbocycles. The first-order valence-corrected chi connectivity index (χ1v) is 7.54. The average molecular weight is 318 g/mol. The van der Waals surface area contributed by atoms with Crippen LogP contribution in [-0.4, -0.2) is 21.3 Å². The van der Waals surface area contributed by atoms with Crippen LogP contribution in [0.25, 0.3) is 21.7 Å². The van der Waals surface area contributed by atoms with Gasteiger partial charge in [-0.05, 0) is 22.4 Å². The molecule has 1 aromatic heterocycles. The third-order valence-corrected chi connectivity index (χ3v) is 4.03. The number of hydrogen-bond donors (Lipinski definition) is 2. The minimum atomic E-state index is -1.06. The summed E-state index contributed by atoms with van der Waals surface area (Å²) < 4.78 is 5.94. The van der Waals surface area contributed by atoms with Crippen LogP contribution in [0.5, 0.6) is 5.75 Å². The molecule has 1 heterocycles. The lowest BCUT2D eigenvalue weighted by atomic mass is 10.1. The van der Waals surface area contributed by atoms with Gasteiger partial charge < -0.3 is 9.84 Å². The van der Waals surface area contributed by atoms with Crippen molar-refractivity contribution < 1.29 is 14.6 Å². The Labute approximate surface area is 137 Å². The second-order valence-corrected chi connectivity index (χ2v) is 5.48. The molecule has 0 saturated heterocycles. The zero-order valence-electron chi connectivity index (χ0n) is 12.7. The first kappa shape index (κ1) is 14.3. The van der Waals surface area contributed by atoms with Crippen LogP contribution in [0.2, 0.25) is 0 Å². The number of ether oxygens (including phenoxy) is 1. The monoisotopic (exact) mass is 318 g/mol. The maximum Gasteiger partial charge on any atom is 0.357 e. The molecule has 0 aliphatic carbocycles. The van der Waals surface area contributed by atoms with Crippen molar-refractivity contribution in [3.8, 4) is 5.75 Å². The highest BCUT2D eigenvalue weighted by molar-refractivity contribution is 6.02. The third kappa shape index (κ3) is 2.36. The number of fused-ring (bicyclic) bond motifs is 2. The molecule has 4 rings (SSSR count). The van der Waals surface area contributed by atoms with Crippen molar-refractivity contribution in [2.45, 2.75) is 6.61 Å². The number of carbonyl (C=O) groups is 1. The Morgan fingerprint density at radius 1 is 1.00 bits per heavy atom. The minimum absolute atomic E-state index is 0.000566. The quantitative estimate of drug-likeness (QED) is 0.596. The first-order valence-electron chi connectivity index (χ1n) is 7.54. The highest BCUT2D eigenvalue weighted by Crippen LogP contribution is 2.27. The molecular weight excluding hydrogens is 304 g/mol. The topological polar surface area (TPSA) is 75.2 Å². The number of aromatic carboxylic acids is 1. The van der Waals surface area contributed by atoms with E-state index in [1.807, 2.05) is 24.3 Å². The lowest BCUT2D eigenvalue weighted by Gasteiger charge is -2.09. The van der Waals surface area contributed by atoms with Gasteiger partial charge in [0.05, 0.1) is 0 Å². The van der Waals surface area contributed by atoms with Gasteiger partial charge in [-0.3, -0.25) is 5.10 Å². The van der Waals surface area contributed by atoms with Crippen LogP contribution in [0, 0.1) is 0 Å². The molecule has 5 heteroatoms. The number of aromatic amines is 1. The summed E-state index contributed by atoms with van der Waals surface area (Å²) in [4.78, 5) is 11.2. The SMILES string of the molecule is O=C(O)c1n[nH]c2c(OCc3cccc4ccccc34)cccc12. The van der Waals surface area contributed by atoms with Crippen molar-refractivity contribution in [3.05, 3.63) is 71.9 Å². The van der Waals surface area contributed by atoms with Crippen LogP contribution in [0.15, 0.2) is 60.7 Å². The Morgan fingerprint density at radius 2 is 1.75 bits per heavy atom. The molecular formula is C19H14N2O3. The Kier molecular flexibility index (Phi) is 3.39. The van der Waals surface area contributed by atoms with E-state index in [2.05, 4.69) is 28.4 Å². The molecule has 24 heavy (non-hydrogen) atoms. The Morgan fingerprint density at radius 3 is 2.62 bits per heavy atom. The largest absolute Gasteiger partial charge is 0.487 e. The molecule has 0 radical (unpaired) electrons. The van der Waals surface area contributed by atoms with Gasteiger partial charge in [0.15, 0.2) is 5.69 Å². The van der Waals surface area contributed by atoms with E-state index < -0.39 is 5.97 Å². The summed E-state index contributed by atoms with van der Waals surface area (Å²) in [5.41, 5.74) is 1.67. The van der Waals surface area contributed by atoms with E-state index in [4.69, 9.17) is 9.84 Å². The van der Waals surface area contributed by atoms with E-state index in [0.29, 0.717) is 23.3 Å². The lowest BCUT2D eigenvalue weighted by molar-refractivity contribution is 0.0692. The number of para-hydroxylation sites is 1.